The number of methoxy groups -OCH3 is 1. The molecule has 106 valence electrons. The number of anilines is 1. The summed E-state index contributed by atoms with van der Waals surface area (Å²) < 4.78 is 5.08. The van der Waals surface area contributed by atoms with Crippen LogP contribution in [-0.4, -0.2) is 33.6 Å². The summed E-state index contributed by atoms with van der Waals surface area (Å²) >= 11 is 7.12. The smallest absolute Gasteiger partial charge is 0.321 e. The topological polar surface area (TPSA) is 72.8 Å². The van der Waals surface area contributed by atoms with Crippen LogP contribution in [0, 0.1) is 0 Å². The Morgan fingerprint density at radius 1 is 1.30 bits per heavy atom. The Labute approximate surface area is 126 Å². The van der Waals surface area contributed by atoms with Crippen LogP contribution in [0.2, 0.25) is 5.02 Å². The van der Waals surface area contributed by atoms with Crippen LogP contribution in [0.1, 0.15) is 13.3 Å². The fourth-order valence-electron chi connectivity index (χ4n) is 1.31. The summed E-state index contributed by atoms with van der Waals surface area (Å²) in [5.74, 6) is 0.496. The van der Waals surface area contributed by atoms with Crippen molar-refractivity contribution in [2.45, 2.75) is 23.5 Å². The maximum atomic E-state index is 5.80. The van der Waals surface area contributed by atoms with Crippen LogP contribution in [0.4, 0.5) is 5.95 Å². The Kier molecular flexibility index (Phi) is 5.37. The van der Waals surface area contributed by atoms with Gasteiger partial charge in [0.15, 0.2) is 0 Å². The Morgan fingerprint density at radius 3 is 2.80 bits per heavy atom. The third kappa shape index (κ3) is 4.21. The molecular weight excluding hydrogens is 298 g/mol. The Bertz CT molecular complexity index is 566. The number of hydrogen-bond donors (Lipinski definition) is 1. The molecule has 2 aromatic heterocycles. The van der Waals surface area contributed by atoms with Crippen molar-refractivity contribution in [3.05, 3.63) is 23.4 Å². The van der Waals surface area contributed by atoms with Gasteiger partial charge in [0.1, 0.15) is 5.03 Å². The summed E-state index contributed by atoms with van der Waals surface area (Å²) in [7, 11) is 1.52. The minimum Gasteiger partial charge on any atom is -0.467 e. The molecule has 2 aromatic rings. The molecule has 0 saturated carbocycles. The SMILES string of the molecule is CCCNc1nc(OC)nc(Sc2ccc(Cl)cn2)n1. The van der Waals surface area contributed by atoms with Crippen LogP contribution in [0.15, 0.2) is 28.5 Å². The van der Waals surface area contributed by atoms with E-state index in [-0.39, 0.29) is 6.01 Å². The second kappa shape index (κ2) is 7.25. The van der Waals surface area contributed by atoms with Crippen LogP contribution in [-0.2, 0) is 0 Å². The van der Waals surface area contributed by atoms with E-state index in [1.807, 2.05) is 6.07 Å². The highest BCUT2D eigenvalue weighted by Gasteiger charge is 2.08. The molecule has 6 nitrogen and oxygen atoms in total. The molecule has 0 radical (unpaired) electrons. The predicted octanol–water partition coefficient (Wildman–Crippen LogP) is 2.90. The van der Waals surface area contributed by atoms with Crippen molar-refractivity contribution < 1.29 is 4.74 Å². The number of aromatic nitrogens is 4. The fourth-order valence-corrected chi connectivity index (χ4v) is 2.10. The molecule has 20 heavy (non-hydrogen) atoms. The van der Waals surface area contributed by atoms with E-state index in [1.54, 1.807) is 12.3 Å². The molecule has 2 rings (SSSR count). The van der Waals surface area contributed by atoms with Crippen molar-refractivity contribution in [2.75, 3.05) is 19.0 Å². The van der Waals surface area contributed by atoms with E-state index in [0.29, 0.717) is 16.1 Å². The number of ether oxygens (including phenoxy) is 1. The van der Waals surface area contributed by atoms with Crippen molar-refractivity contribution in [3.63, 3.8) is 0 Å². The summed E-state index contributed by atoms with van der Waals surface area (Å²) in [6.45, 7) is 2.86. The van der Waals surface area contributed by atoms with E-state index >= 15 is 0 Å². The van der Waals surface area contributed by atoms with Crippen molar-refractivity contribution in [1.82, 2.24) is 19.9 Å². The normalized spacial score (nSPS) is 10.3. The Morgan fingerprint density at radius 2 is 2.15 bits per heavy atom. The summed E-state index contributed by atoms with van der Waals surface area (Å²) in [5, 5.41) is 4.97. The lowest BCUT2D eigenvalue weighted by atomic mass is 10.5. The highest BCUT2D eigenvalue weighted by molar-refractivity contribution is 7.99. The Balaban J connectivity index is 2.19. The van der Waals surface area contributed by atoms with Crippen molar-refractivity contribution in [3.8, 4) is 6.01 Å². The van der Waals surface area contributed by atoms with Crippen LogP contribution in [0.25, 0.3) is 0 Å². The van der Waals surface area contributed by atoms with Crippen molar-refractivity contribution >= 4 is 29.3 Å². The molecule has 0 unspecified atom stereocenters. The van der Waals surface area contributed by atoms with Crippen LogP contribution in [0.5, 0.6) is 6.01 Å². The maximum absolute atomic E-state index is 5.80. The third-order valence-electron chi connectivity index (χ3n) is 2.21. The molecule has 0 aliphatic carbocycles. The van der Waals surface area contributed by atoms with Crippen molar-refractivity contribution in [2.24, 2.45) is 0 Å². The minimum absolute atomic E-state index is 0.273. The zero-order valence-corrected chi connectivity index (χ0v) is 12.7. The summed E-state index contributed by atoms with van der Waals surface area (Å²) in [4.78, 5) is 16.8. The van der Waals surface area contributed by atoms with E-state index in [1.165, 1.54) is 18.9 Å². The maximum Gasteiger partial charge on any atom is 0.321 e. The van der Waals surface area contributed by atoms with E-state index in [2.05, 4.69) is 32.2 Å². The van der Waals surface area contributed by atoms with Gasteiger partial charge >= 0.3 is 6.01 Å². The summed E-state index contributed by atoms with van der Waals surface area (Å²) in [6, 6.07) is 3.85. The van der Waals surface area contributed by atoms with Gasteiger partial charge in [-0.05, 0) is 30.3 Å². The van der Waals surface area contributed by atoms with E-state index in [4.69, 9.17) is 16.3 Å². The molecule has 0 fully saturated rings. The van der Waals surface area contributed by atoms with Gasteiger partial charge in [-0.2, -0.15) is 15.0 Å². The standard InChI is InChI=1S/C12H14ClN5OS/c1-3-6-14-10-16-11(19-2)18-12(17-10)20-9-5-4-8(13)7-15-9/h4-5,7H,3,6H2,1-2H3,(H,14,16,17,18). The lowest BCUT2D eigenvalue weighted by Gasteiger charge is -2.06. The van der Waals surface area contributed by atoms with Gasteiger partial charge in [-0.3, -0.25) is 0 Å². The van der Waals surface area contributed by atoms with E-state index in [0.717, 1.165) is 18.0 Å². The molecule has 2 heterocycles. The highest BCUT2D eigenvalue weighted by atomic mass is 35.5. The molecule has 1 N–H and O–H groups in total. The van der Waals surface area contributed by atoms with Crippen molar-refractivity contribution in [1.29, 1.82) is 0 Å². The first-order valence-electron chi connectivity index (χ1n) is 6.04. The summed E-state index contributed by atoms with van der Waals surface area (Å²) in [6.07, 6.45) is 2.56. The van der Waals surface area contributed by atoms with E-state index in [9.17, 15) is 0 Å². The first-order valence-corrected chi connectivity index (χ1v) is 7.24. The second-order valence-corrected chi connectivity index (χ2v) is 5.20. The molecule has 0 saturated heterocycles. The van der Waals surface area contributed by atoms with Gasteiger partial charge in [-0.1, -0.05) is 18.5 Å². The number of hydrogen-bond acceptors (Lipinski definition) is 7. The number of nitrogens with one attached hydrogen (secondary N) is 1. The number of pyridine rings is 1. The molecule has 0 bridgehead atoms. The second-order valence-electron chi connectivity index (χ2n) is 3.77. The number of halogens is 1. The predicted molar refractivity (Wildman–Crippen MR) is 78.5 cm³/mol. The van der Waals surface area contributed by atoms with E-state index < -0.39 is 0 Å². The quantitative estimate of drug-likeness (QED) is 0.879. The van der Waals surface area contributed by atoms with Crippen LogP contribution >= 0.6 is 23.4 Å². The third-order valence-corrected chi connectivity index (χ3v) is 3.25. The van der Waals surface area contributed by atoms with Gasteiger partial charge in [0.2, 0.25) is 11.1 Å². The highest BCUT2D eigenvalue weighted by Crippen LogP contribution is 2.25. The fraction of sp³-hybridized carbons (Fsp3) is 0.333. The van der Waals surface area contributed by atoms with Gasteiger partial charge < -0.3 is 10.1 Å². The van der Waals surface area contributed by atoms with Gasteiger partial charge in [-0.25, -0.2) is 4.98 Å². The van der Waals surface area contributed by atoms with Gasteiger partial charge in [0.25, 0.3) is 0 Å². The molecule has 0 amide bonds. The average Bonchev–Trinajstić information content (AvgIpc) is 2.47. The van der Waals surface area contributed by atoms with Crippen LogP contribution < -0.4 is 10.1 Å². The lowest BCUT2D eigenvalue weighted by molar-refractivity contribution is 0.373. The van der Waals surface area contributed by atoms with Gasteiger partial charge in [0, 0.05) is 12.7 Å². The largest absolute Gasteiger partial charge is 0.467 e. The molecule has 0 aromatic carbocycles. The monoisotopic (exact) mass is 311 g/mol. The molecule has 0 spiro atoms. The Hall–Kier alpha value is -1.60. The molecule has 0 atom stereocenters. The molecule has 8 heteroatoms. The van der Waals surface area contributed by atoms with Gasteiger partial charge in [-0.15, -0.1) is 0 Å². The first-order chi connectivity index (χ1) is 9.71. The zero-order valence-electron chi connectivity index (χ0n) is 11.1. The zero-order chi connectivity index (χ0) is 14.4. The minimum atomic E-state index is 0.273. The van der Waals surface area contributed by atoms with Crippen LogP contribution in [0.3, 0.4) is 0 Å². The average molecular weight is 312 g/mol. The first kappa shape index (κ1) is 14.8. The molecule has 0 aliphatic heterocycles. The van der Waals surface area contributed by atoms with Gasteiger partial charge in [0.05, 0.1) is 12.1 Å². The number of nitrogens with zero attached hydrogens (tertiary/aromatic N) is 4. The molecular formula is C12H14ClN5OS. The summed E-state index contributed by atoms with van der Waals surface area (Å²) in [5.41, 5.74) is 0. The number of rotatable bonds is 6. The lowest BCUT2D eigenvalue weighted by Crippen LogP contribution is -2.07. The molecule has 0 aliphatic rings.